The van der Waals surface area contributed by atoms with E-state index >= 15 is 0 Å². The third-order valence-corrected chi connectivity index (χ3v) is 3.46. The second kappa shape index (κ2) is 4.89. The van der Waals surface area contributed by atoms with Crippen LogP contribution in [0.3, 0.4) is 0 Å². The van der Waals surface area contributed by atoms with E-state index < -0.39 is 7.29 Å². The van der Waals surface area contributed by atoms with E-state index in [1.165, 1.54) is 0 Å². The monoisotopic (exact) mass is 165 g/mol. The highest BCUT2D eigenvalue weighted by Crippen LogP contribution is 2.33. The van der Waals surface area contributed by atoms with E-state index in [1.807, 2.05) is 6.92 Å². The van der Waals surface area contributed by atoms with Crippen LogP contribution in [0.1, 0.15) is 6.92 Å². The van der Waals surface area contributed by atoms with Gasteiger partial charge in [-0.15, -0.1) is 0 Å². The molecule has 0 aromatic rings. The predicted molar refractivity (Wildman–Crippen MR) is 44.0 cm³/mol. The van der Waals surface area contributed by atoms with Crippen molar-refractivity contribution in [3.05, 3.63) is 0 Å². The summed E-state index contributed by atoms with van der Waals surface area (Å²) >= 11 is 0. The molecule has 1 N–H and O–H groups in total. The molecule has 0 rings (SSSR count). The Morgan fingerprint density at radius 1 is 1.60 bits per heavy atom. The molecule has 10 heavy (non-hydrogen) atoms. The molecule has 0 saturated carbocycles. The molecular formula is C6H16NO2P. The van der Waals surface area contributed by atoms with Crippen molar-refractivity contribution in [2.75, 3.05) is 33.1 Å². The fourth-order valence-electron chi connectivity index (χ4n) is 0.496. The molecule has 1 unspecified atom stereocenters. The van der Waals surface area contributed by atoms with Crippen molar-refractivity contribution >= 4 is 7.29 Å². The van der Waals surface area contributed by atoms with Crippen LogP contribution in [0.4, 0.5) is 0 Å². The van der Waals surface area contributed by atoms with Gasteiger partial charge < -0.3 is 9.30 Å². The second-order valence-corrected chi connectivity index (χ2v) is 5.47. The summed E-state index contributed by atoms with van der Waals surface area (Å²) < 4.78 is 16.1. The van der Waals surface area contributed by atoms with Gasteiger partial charge in [0.1, 0.15) is 7.29 Å². The van der Waals surface area contributed by atoms with Gasteiger partial charge in [0.05, 0.1) is 6.61 Å². The van der Waals surface area contributed by atoms with Crippen molar-refractivity contribution in [3.63, 3.8) is 0 Å². The number of rotatable bonds is 5. The van der Waals surface area contributed by atoms with E-state index in [9.17, 15) is 4.57 Å². The van der Waals surface area contributed by atoms with E-state index in [4.69, 9.17) is 4.74 Å². The minimum atomic E-state index is -2.03. The first kappa shape index (κ1) is 10.2. The summed E-state index contributed by atoms with van der Waals surface area (Å²) in [6.45, 7) is 4.97. The topological polar surface area (TPSA) is 38.3 Å². The lowest BCUT2D eigenvalue weighted by Crippen LogP contribution is -2.16. The molecule has 0 aromatic carbocycles. The highest BCUT2D eigenvalue weighted by Gasteiger charge is 2.08. The zero-order chi connectivity index (χ0) is 8.04. The Bertz CT molecular complexity index is 127. The maximum Gasteiger partial charge on any atom is 0.144 e. The van der Waals surface area contributed by atoms with E-state index in [2.05, 4.69) is 5.09 Å². The van der Waals surface area contributed by atoms with Gasteiger partial charge in [0.15, 0.2) is 0 Å². The highest BCUT2D eigenvalue weighted by atomic mass is 31.2. The van der Waals surface area contributed by atoms with Crippen molar-refractivity contribution in [1.82, 2.24) is 5.09 Å². The lowest BCUT2D eigenvalue weighted by molar-refractivity contribution is 0.204. The molecule has 62 valence electrons. The van der Waals surface area contributed by atoms with Gasteiger partial charge in [-0.1, -0.05) is 6.92 Å². The molecule has 0 heterocycles. The molecule has 0 amide bonds. The predicted octanol–water partition coefficient (Wildman–Crippen LogP) is 1.15. The van der Waals surface area contributed by atoms with Crippen LogP contribution in [-0.4, -0.2) is 33.1 Å². The number of nitrogens with one attached hydrogen (secondary N) is 1. The Balaban J connectivity index is 3.38. The highest BCUT2D eigenvalue weighted by molar-refractivity contribution is 7.61. The first-order valence-corrected chi connectivity index (χ1v) is 5.77. The first-order valence-electron chi connectivity index (χ1n) is 3.43. The Hall–Kier alpha value is 0.150. The van der Waals surface area contributed by atoms with Crippen LogP contribution in [0, 0.1) is 0 Å². The van der Waals surface area contributed by atoms with E-state index in [1.54, 1.807) is 13.8 Å². The fourth-order valence-corrected chi connectivity index (χ4v) is 1.28. The smallest absolute Gasteiger partial charge is 0.144 e. The Kier molecular flexibility index (Phi) is 4.96. The van der Waals surface area contributed by atoms with Crippen LogP contribution >= 0.6 is 7.29 Å². The summed E-state index contributed by atoms with van der Waals surface area (Å²) in [6.07, 6.45) is 0.705. The van der Waals surface area contributed by atoms with Crippen LogP contribution in [0.15, 0.2) is 0 Å². The molecule has 1 atom stereocenters. The largest absolute Gasteiger partial charge is 0.383 e. The number of ether oxygens (including phenoxy) is 1. The average Bonchev–Trinajstić information content (AvgIpc) is 1.89. The van der Waals surface area contributed by atoms with Crippen molar-refractivity contribution in [3.8, 4) is 0 Å². The third-order valence-electron chi connectivity index (χ3n) is 1.36. The van der Waals surface area contributed by atoms with Gasteiger partial charge >= 0.3 is 0 Å². The lowest BCUT2D eigenvalue weighted by Gasteiger charge is -2.11. The van der Waals surface area contributed by atoms with Crippen molar-refractivity contribution in [1.29, 1.82) is 0 Å². The standard InChI is InChI=1S/C6H16NO2P/c1-4-10(3,8)7-5-6-9-2/h4-6H2,1-3H3,(H,7,8). The SMILES string of the molecule is CCP(C)(=O)NCCOC. The van der Waals surface area contributed by atoms with Crippen molar-refractivity contribution in [2.45, 2.75) is 6.92 Å². The molecule has 0 aliphatic carbocycles. The first-order chi connectivity index (χ1) is 4.62. The van der Waals surface area contributed by atoms with Gasteiger partial charge in [0.25, 0.3) is 0 Å². The summed E-state index contributed by atoms with van der Waals surface area (Å²) in [5.74, 6) is 0. The van der Waals surface area contributed by atoms with Gasteiger partial charge in [-0.2, -0.15) is 0 Å². The molecular weight excluding hydrogens is 149 g/mol. The summed E-state index contributed by atoms with van der Waals surface area (Å²) in [6, 6.07) is 0. The van der Waals surface area contributed by atoms with E-state index in [0.717, 1.165) is 0 Å². The van der Waals surface area contributed by atoms with Crippen LogP contribution in [-0.2, 0) is 9.30 Å². The van der Waals surface area contributed by atoms with Gasteiger partial charge in [0.2, 0.25) is 0 Å². The maximum atomic E-state index is 11.3. The quantitative estimate of drug-likeness (QED) is 0.490. The summed E-state index contributed by atoms with van der Waals surface area (Å²) in [5.41, 5.74) is 0. The van der Waals surface area contributed by atoms with Crippen LogP contribution in [0.2, 0.25) is 0 Å². The maximum absolute atomic E-state index is 11.3. The molecule has 0 bridgehead atoms. The van der Waals surface area contributed by atoms with Gasteiger partial charge in [-0.3, -0.25) is 5.09 Å². The number of methoxy groups -OCH3 is 1. The molecule has 4 heteroatoms. The Morgan fingerprint density at radius 2 is 2.20 bits per heavy atom. The van der Waals surface area contributed by atoms with Crippen molar-refractivity contribution in [2.24, 2.45) is 0 Å². The Labute approximate surface area is 62.6 Å². The molecule has 0 fully saturated rings. The molecule has 0 radical (unpaired) electrons. The molecule has 0 aliphatic heterocycles. The summed E-state index contributed by atoms with van der Waals surface area (Å²) in [4.78, 5) is 0. The normalized spacial score (nSPS) is 16.7. The molecule has 0 aliphatic rings. The molecule has 0 spiro atoms. The zero-order valence-electron chi connectivity index (χ0n) is 6.89. The Morgan fingerprint density at radius 3 is 2.60 bits per heavy atom. The van der Waals surface area contributed by atoms with E-state index in [-0.39, 0.29) is 0 Å². The zero-order valence-corrected chi connectivity index (χ0v) is 7.78. The molecule has 0 aromatic heterocycles. The van der Waals surface area contributed by atoms with Crippen LogP contribution in [0.25, 0.3) is 0 Å². The number of hydrogen-bond acceptors (Lipinski definition) is 2. The molecule has 0 saturated heterocycles. The summed E-state index contributed by atoms with van der Waals surface area (Å²) in [5, 5.41) is 2.94. The van der Waals surface area contributed by atoms with Crippen LogP contribution in [0.5, 0.6) is 0 Å². The second-order valence-electron chi connectivity index (χ2n) is 2.32. The van der Waals surface area contributed by atoms with Gasteiger partial charge in [-0.05, 0) is 0 Å². The summed E-state index contributed by atoms with van der Waals surface area (Å²) in [7, 11) is -0.400. The fraction of sp³-hybridized carbons (Fsp3) is 1.00. The number of hydrogen-bond donors (Lipinski definition) is 1. The van der Waals surface area contributed by atoms with Crippen molar-refractivity contribution < 1.29 is 9.30 Å². The van der Waals surface area contributed by atoms with Gasteiger partial charge in [-0.25, -0.2) is 0 Å². The van der Waals surface area contributed by atoms with Crippen LogP contribution < -0.4 is 5.09 Å². The third kappa shape index (κ3) is 4.98. The minimum Gasteiger partial charge on any atom is -0.383 e. The molecule has 3 nitrogen and oxygen atoms in total. The average molecular weight is 165 g/mol. The van der Waals surface area contributed by atoms with Gasteiger partial charge in [0, 0.05) is 26.5 Å². The minimum absolute atomic E-state index is 0.623. The van der Waals surface area contributed by atoms with E-state index in [0.29, 0.717) is 19.3 Å². The lowest BCUT2D eigenvalue weighted by atomic mass is 10.7.